The fraction of sp³-hybridized carbons (Fsp3) is 0.222. The van der Waals surface area contributed by atoms with Crippen molar-refractivity contribution in [2.24, 2.45) is 0 Å². The number of hydrogen-bond acceptors (Lipinski definition) is 3. The first-order valence-corrected chi connectivity index (χ1v) is 7.34. The van der Waals surface area contributed by atoms with Gasteiger partial charge in [-0.25, -0.2) is 0 Å². The van der Waals surface area contributed by atoms with Crippen molar-refractivity contribution in [3.63, 3.8) is 0 Å². The minimum Gasteiger partial charge on any atom is -0.497 e. The van der Waals surface area contributed by atoms with Crippen LogP contribution < -0.4 is 10.1 Å². The molecule has 0 unspecified atom stereocenters. The number of aliphatic carboxylic acids is 1. The van der Waals surface area contributed by atoms with E-state index in [1.165, 1.54) is 0 Å². The molecule has 0 aromatic heterocycles. The van der Waals surface area contributed by atoms with E-state index in [4.69, 9.17) is 9.84 Å². The van der Waals surface area contributed by atoms with Crippen molar-refractivity contribution in [1.82, 2.24) is 5.32 Å². The number of carboxylic acids is 1. The molecule has 2 aromatic carbocycles. The van der Waals surface area contributed by atoms with Gasteiger partial charge in [0, 0.05) is 18.5 Å². The second kappa shape index (κ2) is 7.98. The number of carbonyl (C=O) groups is 2. The Bertz CT molecular complexity index is 662. The summed E-state index contributed by atoms with van der Waals surface area (Å²) < 4.78 is 5.13. The van der Waals surface area contributed by atoms with E-state index in [-0.39, 0.29) is 12.3 Å². The van der Waals surface area contributed by atoms with Crippen molar-refractivity contribution in [3.8, 4) is 16.9 Å². The maximum Gasteiger partial charge on any atom is 0.303 e. The molecule has 5 heteroatoms. The van der Waals surface area contributed by atoms with Crippen LogP contribution >= 0.6 is 0 Å². The second-order valence-electron chi connectivity index (χ2n) is 5.06. The summed E-state index contributed by atoms with van der Waals surface area (Å²) in [5, 5.41) is 11.3. The van der Waals surface area contributed by atoms with Gasteiger partial charge in [-0.2, -0.15) is 0 Å². The van der Waals surface area contributed by atoms with Crippen LogP contribution in [0.3, 0.4) is 0 Å². The molecular weight excluding hydrogens is 294 g/mol. The van der Waals surface area contributed by atoms with Crippen LogP contribution in [0.25, 0.3) is 11.1 Å². The molecule has 2 aromatic rings. The zero-order chi connectivity index (χ0) is 16.7. The first-order valence-electron chi connectivity index (χ1n) is 7.34. The van der Waals surface area contributed by atoms with Gasteiger partial charge in [0.05, 0.1) is 7.11 Å². The Morgan fingerprint density at radius 3 is 2.09 bits per heavy atom. The summed E-state index contributed by atoms with van der Waals surface area (Å²) in [7, 11) is 1.62. The van der Waals surface area contributed by atoms with Gasteiger partial charge >= 0.3 is 5.97 Å². The smallest absolute Gasteiger partial charge is 0.303 e. The zero-order valence-electron chi connectivity index (χ0n) is 12.9. The summed E-state index contributed by atoms with van der Waals surface area (Å²) in [5.74, 6) is -0.258. The van der Waals surface area contributed by atoms with E-state index in [2.05, 4.69) is 5.32 Å². The first-order chi connectivity index (χ1) is 11.1. The number of carbonyl (C=O) groups excluding carboxylic acids is 1. The van der Waals surface area contributed by atoms with Gasteiger partial charge in [-0.1, -0.05) is 24.3 Å². The minimum absolute atomic E-state index is 0.0523. The molecule has 2 rings (SSSR count). The lowest BCUT2D eigenvalue weighted by Crippen LogP contribution is -2.24. The van der Waals surface area contributed by atoms with Gasteiger partial charge < -0.3 is 15.2 Å². The number of amides is 1. The van der Waals surface area contributed by atoms with Crippen molar-refractivity contribution >= 4 is 11.9 Å². The number of rotatable bonds is 7. The third kappa shape index (κ3) is 4.85. The average molecular weight is 313 g/mol. The van der Waals surface area contributed by atoms with Crippen LogP contribution in [0.15, 0.2) is 48.5 Å². The molecule has 0 bridgehead atoms. The van der Waals surface area contributed by atoms with Crippen molar-refractivity contribution in [3.05, 3.63) is 54.1 Å². The van der Waals surface area contributed by atoms with E-state index in [0.29, 0.717) is 18.5 Å². The fourth-order valence-electron chi connectivity index (χ4n) is 2.14. The molecule has 0 saturated carbocycles. The molecule has 0 aliphatic rings. The highest BCUT2D eigenvalue weighted by atomic mass is 16.5. The van der Waals surface area contributed by atoms with Crippen molar-refractivity contribution in [2.45, 2.75) is 12.8 Å². The van der Waals surface area contributed by atoms with Gasteiger partial charge in [-0.15, -0.1) is 0 Å². The average Bonchev–Trinajstić information content (AvgIpc) is 2.58. The quantitative estimate of drug-likeness (QED) is 0.771. The largest absolute Gasteiger partial charge is 0.497 e. The zero-order valence-corrected chi connectivity index (χ0v) is 12.9. The lowest BCUT2D eigenvalue weighted by Gasteiger charge is -2.07. The number of methoxy groups -OCH3 is 1. The summed E-state index contributed by atoms with van der Waals surface area (Å²) in [4.78, 5) is 22.4. The molecular formula is C18H19NO4. The van der Waals surface area contributed by atoms with E-state index in [1.54, 1.807) is 19.2 Å². The number of hydrogen-bond donors (Lipinski definition) is 2. The summed E-state index contributed by atoms with van der Waals surface area (Å²) in [6.45, 7) is 0.353. The van der Waals surface area contributed by atoms with Crippen LogP contribution in [0.1, 0.15) is 23.2 Å². The number of carboxylic acid groups (broad SMARTS) is 1. The molecule has 0 aliphatic heterocycles. The normalized spacial score (nSPS) is 10.1. The Morgan fingerprint density at radius 1 is 1.00 bits per heavy atom. The molecule has 0 radical (unpaired) electrons. The molecule has 2 N–H and O–H groups in total. The highest BCUT2D eigenvalue weighted by Crippen LogP contribution is 2.22. The first kappa shape index (κ1) is 16.5. The molecule has 23 heavy (non-hydrogen) atoms. The van der Waals surface area contributed by atoms with Gasteiger partial charge in [0.2, 0.25) is 0 Å². The Kier molecular flexibility index (Phi) is 5.74. The summed E-state index contributed by atoms with van der Waals surface area (Å²) >= 11 is 0. The van der Waals surface area contributed by atoms with Crippen LogP contribution in [-0.4, -0.2) is 30.6 Å². The molecule has 0 saturated heterocycles. The van der Waals surface area contributed by atoms with Crippen molar-refractivity contribution in [2.75, 3.05) is 13.7 Å². The maximum atomic E-state index is 11.9. The third-order valence-corrected chi connectivity index (χ3v) is 3.42. The van der Waals surface area contributed by atoms with Gasteiger partial charge in [-0.05, 0) is 41.8 Å². The molecule has 0 fully saturated rings. The SMILES string of the molecule is COc1ccc(-c2ccc(C(=O)NCCCC(=O)O)cc2)cc1. The van der Waals surface area contributed by atoms with Crippen LogP contribution in [0.2, 0.25) is 0 Å². The van der Waals surface area contributed by atoms with Crippen LogP contribution in [0, 0.1) is 0 Å². The lowest BCUT2D eigenvalue weighted by atomic mass is 10.0. The number of nitrogens with one attached hydrogen (secondary N) is 1. The standard InChI is InChI=1S/C18H19NO4/c1-23-16-10-8-14(9-11-16)13-4-6-15(7-5-13)18(22)19-12-2-3-17(20)21/h4-11H,2-3,12H2,1H3,(H,19,22)(H,20,21). The highest BCUT2D eigenvalue weighted by Gasteiger charge is 2.06. The Morgan fingerprint density at radius 2 is 1.57 bits per heavy atom. The number of benzene rings is 2. The molecule has 5 nitrogen and oxygen atoms in total. The molecule has 0 heterocycles. The fourth-order valence-corrected chi connectivity index (χ4v) is 2.14. The maximum absolute atomic E-state index is 11.9. The van der Waals surface area contributed by atoms with Crippen molar-refractivity contribution in [1.29, 1.82) is 0 Å². The molecule has 0 aliphatic carbocycles. The Labute approximate surface area is 134 Å². The molecule has 0 spiro atoms. The van der Waals surface area contributed by atoms with Gasteiger partial charge in [0.25, 0.3) is 5.91 Å². The second-order valence-corrected chi connectivity index (χ2v) is 5.06. The lowest BCUT2D eigenvalue weighted by molar-refractivity contribution is -0.137. The van der Waals surface area contributed by atoms with Crippen LogP contribution in [0.4, 0.5) is 0 Å². The van der Waals surface area contributed by atoms with Gasteiger partial charge in [0.1, 0.15) is 5.75 Å². The molecule has 120 valence electrons. The van der Waals surface area contributed by atoms with E-state index in [0.717, 1.165) is 16.9 Å². The van der Waals surface area contributed by atoms with E-state index >= 15 is 0 Å². The Hall–Kier alpha value is -2.82. The molecule has 0 atom stereocenters. The Balaban J connectivity index is 1.95. The summed E-state index contributed by atoms with van der Waals surface area (Å²) in [5.41, 5.74) is 2.60. The van der Waals surface area contributed by atoms with E-state index in [9.17, 15) is 9.59 Å². The van der Waals surface area contributed by atoms with Crippen LogP contribution in [-0.2, 0) is 4.79 Å². The third-order valence-electron chi connectivity index (χ3n) is 3.42. The minimum atomic E-state index is -0.858. The van der Waals surface area contributed by atoms with E-state index in [1.807, 2.05) is 36.4 Å². The molecule has 1 amide bonds. The van der Waals surface area contributed by atoms with Crippen LogP contribution in [0.5, 0.6) is 5.75 Å². The topological polar surface area (TPSA) is 75.6 Å². The highest BCUT2D eigenvalue weighted by molar-refractivity contribution is 5.94. The van der Waals surface area contributed by atoms with Gasteiger partial charge in [-0.3, -0.25) is 9.59 Å². The predicted octanol–water partition coefficient (Wildman–Crippen LogP) is 2.96. The monoisotopic (exact) mass is 313 g/mol. The van der Waals surface area contributed by atoms with E-state index < -0.39 is 5.97 Å². The van der Waals surface area contributed by atoms with Crippen molar-refractivity contribution < 1.29 is 19.4 Å². The summed E-state index contributed by atoms with van der Waals surface area (Å²) in [6.07, 6.45) is 0.474. The summed E-state index contributed by atoms with van der Waals surface area (Å²) in [6, 6.07) is 15.0. The predicted molar refractivity (Wildman–Crippen MR) is 87.6 cm³/mol. The number of ether oxygens (including phenoxy) is 1. The van der Waals surface area contributed by atoms with Gasteiger partial charge in [0.15, 0.2) is 0 Å².